The van der Waals surface area contributed by atoms with Crippen LogP contribution in [0.2, 0.25) is 0 Å². The number of anilines is 1. The van der Waals surface area contributed by atoms with Gasteiger partial charge in [-0.3, -0.25) is 4.79 Å². The Labute approximate surface area is 198 Å². The van der Waals surface area contributed by atoms with Crippen molar-refractivity contribution in [1.29, 1.82) is 0 Å². The SMILES string of the molecule is COc1cc(/C=C/C(=O)Nc2ccc(-c3nc4ccc(C)cc4s3)cc2)cc(Br)c1OC. The van der Waals surface area contributed by atoms with Crippen molar-refractivity contribution in [1.82, 2.24) is 4.98 Å². The number of amides is 1. The van der Waals surface area contributed by atoms with E-state index in [2.05, 4.69) is 40.3 Å². The fourth-order valence-corrected chi connectivity index (χ4v) is 4.93. The highest BCUT2D eigenvalue weighted by Gasteiger charge is 2.10. The van der Waals surface area contributed by atoms with E-state index in [0.717, 1.165) is 26.1 Å². The first-order chi connectivity index (χ1) is 15.5. The molecule has 0 saturated heterocycles. The Balaban J connectivity index is 1.45. The van der Waals surface area contributed by atoms with Gasteiger partial charge in [-0.25, -0.2) is 4.98 Å². The Bertz CT molecular complexity index is 1310. The fourth-order valence-electron chi connectivity index (χ4n) is 3.24. The van der Waals surface area contributed by atoms with Crippen molar-refractivity contribution < 1.29 is 14.3 Å². The third-order valence-electron chi connectivity index (χ3n) is 4.83. The van der Waals surface area contributed by atoms with Crippen molar-refractivity contribution in [2.24, 2.45) is 0 Å². The lowest BCUT2D eigenvalue weighted by molar-refractivity contribution is -0.111. The summed E-state index contributed by atoms with van der Waals surface area (Å²) in [5, 5.41) is 3.84. The number of aromatic nitrogens is 1. The average molecular weight is 509 g/mol. The number of benzene rings is 3. The van der Waals surface area contributed by atoms with E-state index >= 15 is 0 Å². The van der Waals surface area contributed by atoms with Crippen LogP contribution in [0.5, 0.6) is 11.5 Å². The average Bonchev–Trinajstić information content (AvgIpc) is 3.21. The number of fused-ring (bicyclic) bond motifs is 1. The summed E-state index contributed by atoms with van der Waals surface area (Å²) in [5.74, 6) is 0.971. The largest absolute Gasteiger partial charge is 0.493 e. The van der Waals surface area contributed by atoms with Gasteiger partial charge in [-0.05, 0) is 88.6 Å². The van der Waals surface area contributed by atoms with E-state index in [1.807, 2.05) is 42.5 Å². The lowest BCUT2D eigenvalue weighted by atomic mass is 10.2. The quantitative estimate of drug-likeness (QED) is 0.294. The van der Waals surface area contributed by atoms with Crippen molar-refractivity contribution in [3.05, 3.63) is 76.3 Å². The zero-order chi connectivity index (χ0) is 22.7. The van der Waals surface area contributed by atoms with E-state index in [4.69, 9.17) is 14.5 Å². The summed E-state index contributed by atoms with van der Waals surface area (Å²) in [7, 11) is 3.15. The van der Waals surface area contributed by atoms with E-state index in [1.54, 1.807) is 31.6 Å². The third-order valence-corrected chi connectivity index (χ3v) is 6.48. The molecule has 0 fully saturated rings. The molecule has 7 heteroatoms. The molecule has 4 rings (SSSR count). The van der Waals surface area contributed by atoms with Crippen molar-refractivity contribution in [2.75, 3.05) is 19.5 Å². The van der Waals surface area contributed by atoms with Gasteiger partial charge in [0.1, 0.15) is 5.01 Å². The Morgan fingerprint density at radius 2 is 1.84 bits per heavy atom. The smallest absolute Gasteiger partial charge is 0.248 e. The van der Waals surface area contributed by atoms with Gasteiger partial charge in [0.05, 0.1) is 28.9 Å². The maximum atomic E-state index is 12.4. The zero-order valence-corrected chi connectivity index (χ0v) is 20.2. The number of halogens is 1. The summed E-state index contributed by atoms with van der Waals surface area (Å²) < 4.78 is 12.6. The molecule has 0 aliphatic carbocycles. The summed E-state index contributed by atoms with van der Waals surface area (Å²) in [4.78, 5) is 17.1. The second-order valence-electron chi connectivity index (χ2n) is 7.13. The Hall–Kier alpha value is -3.16. The number of thiazole rings is 1. The van der Waals surface area contributed by atoms with Gasteiger partial charge in [0.25, 0.3) is 0 Å². The standard InChI is InChI=1S/C25H21BrN2O3S/c1-15-4-10-20-22(12-15)32-25(28-20)17-6-8-18(9-7-17)27-23(29)11-5-16-13-19(26)24(31-3)21(14-16)30-2/h4-14H,1-3H3,(H,27,29)/b11-5+. The first-order valence-electron chi connectivity index (χ1n) is 9.85. The molecule has 0 spiro atoms. The molecule has 1 heterocycles. The molecule has 0 unspecified atom stereocenters. The molecule has 0 atom stereocenters. The molecule has 3 aromatic carbocycles. The number of rotatable bonds is 6. The summed E-state index contributed by atoms with van der Waals surface area (Å²) in [6, 6.07) is 17.6. The number of carbonyl (C=O) groups is 1. The summed E-state index contributed by atoms with van der Waals surface area (Å²) >= 11 is 5.12. The van der Waals surface area contributed by atoms with Crippen LogP contribution in [0.15, 0.2) is 65.1 Å². The number of hydrogen-bond acceptors (Lipinski definition) is 5. The van der Waals surface area contributed by atoms with E-state index in [9.17, 15) is 4.79 Å². The molecule has 0 bridgehead atoms. The molecule has 4 aromatic rings. The van der Waals surface area contributed by atoms with Crippen LogP contribution in [0, 0.1) is 6.92 Å². The molecular formula is C25H21BrN2O3S. The van der Waals surface area contributed by atoms with Crippen LogP contribution in [0.3, 0.4) is 0 Å². The normalized spacial score (nSPS) is 11.1. The van der Waals surface area contributed by atoms with E-state index < -0.39 is 0 Å². The van der Waals surface area contributed by atoms with E-state index in [-0.39, 0.29) is 5.91 Å². The molecular weight excluding hydrogens is 488 g/mol. The van der Waals surface area contributed by atoms with Gasteiger partial charge in [-0.1, -0.05) is 6.07 Å². The summed E-state index contributed by atoms with van der Waals surface area (Å²) in [6.07, 6.45) is 3.21. The fraction of sp³-hybridized carbons (Fsp3) is 0.120. The van der Waals surface area contributed by atoms with Gasteiger partial charge in [-0.2, -0.15) is 0 Å². The highest BCUT2D eigenvalue weighted by atomic mass is 79.9. The minimum Gasteiger partial charge on any atom is -0.493 e. The molecule has 1 aromatic heterocycles. The Morgan fingerprint density at radius 1 is 1.06 bits per heavy atom. The van der Waals surface area contributed by atoms with Crippen LogP contribution in [-0.2, 0) is 4.79 Å². The number of aryl methyl sites for hydroxylation is 1. The van der Waals surface area contributed by atoms with Gasteiger partial charge in [-0.15, -0.1) is 11.3 Å². The lowest BCUT2D eigenvalue weighted by Crippen LogP contribution is -2.07. The highest BCUT2D eigenvalue weighted by molar-refractivity contribution is 9.10. The van der Waals surface area contributed by atoms with Crippen molar-refractivity contribution in [3.8, 4) is 22.1 Å². The molecule has 0 aliphatic rings. The number of hydrogen-bond donors (Lipinski definition) is 1. The van der Waals surface area contributed by atoms with Gasteiger partial charge < -0.3 is 14.8 Å². The topological polar surface area (TPSA) is 60.5 Å². The summed E-state index contributed by atoms with van der Waals surface area (Å²) in [5.41, 5.74) is 4.77. The zero-order valence-electron chi connectivity index (χ0n) is 17.8. The maximum absolute atomic E-state index is 12.4. The van der Waals surface area contributed by atoms with Gasteiger partial charge in [0.15, 0.2) is 11.5 Å². The number of methoxy groups -OCH3 is 2. The minimum atomic E-state index is -0.223. The molecule has 1 amide bonds. The van der Waals surface area contributed by atoms with E-state index in [0.29, 0.717) is 17.2 Å². The second-order valence-corrected chi connectivity index (χ2v) is 9.01. The predicted octanol–water partition coefficient (Wildman–Crippen LogP) is 6.70. The Kier molecular flexibility index (Phi) is 6.58. The predicted molar refractivity (Wildman–Crippen MR) is 135 cm³/mol. The van der Waals surface area contributed by atoms with Gasteiger partial charge in [0.2, 0.25) is 5.91 Å². The van der Waals surface area contributed by atoms with Crippen LogP contribution < -0.4 is 14.8 Å². The van der Waals surface area contributed by atoms with E-state index in [1.165, 1.54) is 16.3 Å². The number of carbonyl (C=O) groups excluding carboxylic acids is 1. The molecule has 32 heavy (non-hydrogen) atoms. The van der Waals surface area contributed by atoms with Crippen molar-refractivity contribution in [3.63, 3.8) is 0 Å². The molecule has 0 aliphatic heterocycles. The Morgan fingerprint density at radius 3 is 2.56 bits per heavy atom. The number of ether oxygens (including phenoxy) is 2. The minimum absolute atomic E-state index is 0.223. The number of nitrogens with one attached hydrogen (secondary N) is 1. The molecule has 162 valence electrons. The van der Waals surface area contributed by atoms with Crippen LogP contribution >= 0.6 is 27.3 Å². The molecule has 5 nitrogen and oxygen atoms in total. The second kappa shape index (κ2) is 9.54. The molecule has 1 N–H and O–H groups in total. The highest BCUT2D eigenvalue weighted by Crippen LogP contribution is 2.36. The van der Waals surface area contributed by atoms with Gasteiger partial charge >= 0.3 is 0 Å². The summed E-state index contributed by atoms with van der Waals surface area (Å²) in [6.45, 7) is 2.08. The van der Waals surface area contributed by atoms with Crippen LogP contribution in [-0.4, -0.2) is 25.1 Å². The first-order valence-corrected chi connectivity index (χ1v) is 11.5. The number of nitrogens with zero attached hydrogens (tertiary/aromatic N) is 1. The maximum Gasteiger partial charge on any atom is 0.248 e. The van der Waals surface area contributed by atoms with Crippen LogP contribution in [0.25, 0.3) is 26.9 Å². The van der Waals surface area contributed by atoms with Crippen LogP contribution in [0.1, 0.15) is 11.1 Å². The first kappa shape index (κ1) is 22.0. The lowest BCUT2D eigenvalue weighted by Gasteiger charge is -2.10. The van der Waals surface area contributed by atoms with Crippen molar-refractivity contribution in [2.45, 2.75) is 6.92 Å². The van der Waals surface area contributed by atoms with Gasteiger partial charge in [0, 0.05) is 17.3 Å². The van der Waals surface area contributed by atoms with Crippen LogP contribution in [0.4, 0.5) is 5.69 Å². The monoisotopic (exact) mass is 508 g/mol. The third kappa shape index (κ3) is 4.84. The van der Waals surface area contributed by atoms with Crippen molar-refractivity contribution >= 4 is 55.2 Å². The molecule has 0 saturated carbocycles. The molecule has 0 radical (unpaired) electrons.